The van der Waals surface area contributed by atoms with Gasteiger partial charge in [-0.1, -0.05) is 66.7 Å². The fourth-order valence-corrected chi connectivity index (χ4v) is 3.52. The van der Waals surface area contributed by atoms with Crippen LogP contribution in [0.1, 0.15) is 16.7 Å². The zero-order chi connectivity index (χ0) is 22.5. The Balaban J connectivity index is 1.76. The normalized spacial score (nSPS) is 11.1. The lowest BCUT2D eigenvalue weighted by molar-refractivity contribution is -0.112. The van der Waals surface area contributed by atoms with Crippen LogP contribution in [0.5, 0.6) is 0 Å². The first-order valence-electron chi connectivity index (χ1n) is 10.3. The van der Waals surface area contributed by atoms with E-state index in [0.717, 1.165) is 28.1 Å². The fraction of sp³-hybridized carbons (Fsp3) is 0.0741. The maximum atomic E-state index is 12.9. The summed E-state index contributed by atoms with van der Waals surface area (Å²) in [5, 5.41) is 17.4. The molecular weight excluding hydrogens is 396 g/mol. The van der Waals surface area contributed by atoms with Gasteiger partial charge in [-0.05, 0) is 43.2 Å². The summed E-state index contributed by atoms with van der Waals surface area (Å²) in [5.41, 5.74) is 5.80. The number of rotatable bonds is 5. The maximum absolute atomic E-state index is 12.9. The second kappa shape index (κ2) is 9.15. The van der Waals surface area contributed by atoms with Gasteiger partial charge < -0.3 is 5.32 Å². The van der Waals surface area contributed by atoms with E-state index in [1.54, 1.807) is 10.8 Å². The first-order chi connectivity index (χ1) is 15.6. The molecule has 0 saturated carbocycles. The number of carbonyl (C=O) groups excluding carboxylic acids is 1. The summed E-state index contributed by atoms with van der Waals surface area (Å²) < 4.78 is 1.76. The van der Waals surface area contributed by atoms with Gasteiger partial charge in [0, 0.05) is 23.0 Å². The summed E-state index contributed by atoms with van der Waals surface area (Å²) in [5.74, 6) is -0.448. The summed E-state index contributed by atoms with van der Waals surface area (Å²) in [4.78, 5) is 12.9. The number of aromatic nitrogens is 2. The molecule has 156 valence electrons. The quantitative estimate of drug-likeness (QED) is 0.334. The van der Waals surface area contributed by atoms with Crippen molar-refractivity contribution in [1.82, 2.24) is 9.78 Å². The number of aryl methyl sites for hydroxylation is 2. The molecule has 0 fully saturated rings. The molecule has 5 heteroatoms. The van der Waals surface area contributed by atoms with Crippen LogP contribution in [0.15, 0.2) is 90.6 Å². The van der Waals surface area contributed by atoms with Crippen molar-refractivity contribution in [3.8, 4) is 23.0 Å². The number of nitrogens with one attached hydrogen (secondary N) is 1. The smallest absolute Gasteiger partial charge is 0.266 e. The zero-order valence-electron chi connectivity index (χ0n) is 17.9. The summed E-state index contributed by atoms with van der Waals surface area (Å²) in [6, 6.07) is 27.3. The van der Waals surface area contributed by atoms with Crippen LogP contribution in [0.4, 0.5) is 5.69 Å². The Hall–Kier alpha value is -4.43. The van der Waals surface area contributed by atoms with Crippen molar-refractivity contribution in [2.24, 2.45) is 0 Å². The van der Waals surface area contributed by atoms with Crippen molar-refractivity contribution in [2.45, 2.75) is 13.8 Å². The Labute approximate surface area is 187 Å². The van der Waals surface area contributed by atoms with Crippen LogP contribution in [0.3, 0.4) is 0 Å². The Bertz CT molecular complexity index is 1310. The van der Waals surface area contributed by atoms with Gasteiger partial charge in [0.05, 0.1) is 11.4 Å². The number of hydrogen-bond acceptors (Lipinski definition) is 3. The molecule has 3 aromatic carbocycles. The number of nitriles is 1. The van der Waals surface area contributed by atoms with E-state index in [9.17, 15) is 10.1 Å². The summed E-state index contributed by atoms with van der Waals surface area (Å²) in [7, 11) is 0. The number of nitrogens with zero attached hydrogens (tertiary/aromatic N) is 3. The van der Waals surface area contributed by atoms with Gasteiger partial charge in [-0.2, -0.15) is 10.4 Å². The highest BCUT2D eigenvalue weighted by Crippen LogP contribution is 2.26. The molecule has 0 atom stereocenters. The molecule has 0 saturated heterocycles. The van der Waals surface area contributed by atoms with E-state index in [-0.39, 0.29) is 5.57 Å². The number of carbonyl (C=O) groups is 1. The van der Waals surface area contributed by atoms with Gasteiger partial charge in [0.1, 0.15) is 11.6 Å². The van der Waals surface area contributed by atoms with E-state index in [2.05, 4.69) is 5.32 Å². The molecule has 0 radical (unpaired) electrons. The third-order valence-corrected chi connectivity index (χ3v) is 5.20. The molecule has 0 spiro atoms. The third kappa shape index (κ3) is 4.35. The van der Waals surface area contributed by atoms with Gasteiger partial charge in [0.25, 0.3) is 5.91 Å². The highest BCUT2D eigenvalue weighted by Gasteiger charge is 2.16. The second-order valence-corrected chi connectivity index (χ2v) is 7.47. The minimum absolute atomic E-state index is 0.0115. The van der Waals surface area contributed by atoms with Gasteiger partial charge in [0.15, 0.2) is 0 Å². The summed E-state index contributed by atoms with van der Waals surface area (Å²) >= 11 is 0. The van der Waals surface area contributed by atoms with Crippen LogP contribution < -0.4 is 5.32 Å². The predicted octanol–water partition coefficient (Wildman–Crippen LogP) is 5.70. The van der Waals surface area contributed by atoms with E-state index in [1.165, 1.54) is 0 Å². The largest absolute Gasteiger partial charge is 0.321 e. The Morgan fingerprint density at radius 2 is 1.56 bits per heavy atom. The van der Waals surface area contributed by atoms with Gasteiger partial charge in [-0.15, -0.1) is 0 Å². The molecule has 0 aliphatic heterocycles. The lowest BCUT2D eigenvalue weighted by Gasteiger charge is -2.10. The van der Waals surface area contributed by atoms with E-state index in [0.29, 0.717) is 11.3 Å². The van der Waals surface area contributed by atoms with Gasteiger partial charge in [-0.3, -0.25) is 4.79 Å². The van der Waals surface area contributed by atoms with Crippen molar-refractivity contribution in [2.75, 3.05) is 5.32 Å². The van der Waals surface area contributed by atoms with Crippen LogP contribution in [0, 0.1) is 25.2 Å². The van der Waals surface area contributed by atoms with E-state index in [1.807, 2.05) is 105 Å². The average Bonchev–Trinajstić information content (AvgIpc) is 3.25. The fourth-order valence-electron chi connectivity index (χ4n) is 3.52. The van der Waals surface area contributed by atoms with E-state index < -0.39 is 5.91 Å². The zero-order valence-corrected chi connectivity index (χ0v) is 17.9. The molecule has 0 bridgehead atoms. The van der Waals surface area contributed by atoms with Crippen molar-refractivity contribution in [3.63, 3.8) is 0 Å². The minimum atomic E-state index is -0.448. The predicted molar refractivity (Wildman–Crippen MR) is 127 cm³/mol. The molecule has 0 aliphatic rings. The number of anilines is 1. The van der Waals surface area contributed by atoms with E-state index >= 15 is 0 Å². The maximum Gasteiger partial charge on any atom is 0.266 e. The van der Waals surface area contributed by atoms with Crippen LogP contribution >= 0.6 is 0 Å². The summed E-state index contributed by atoms with van der Waals surface area (Å²) in [6.07, 6.45) is 3.43. The van der Waals surface area contributed by atoms with Crippen LogP contribution in [-0.4, -0.2) is 15.7 Å². The topological polar surface area (TPSA) is 70.7 Å². The molecule has 0 unspecified atom stereocenters. The molecule has 1 amide bonds. The van der Waals surface area contributed by atoms with Gasteiger partial charge in [-0.25, -0.2) is 4.68 Å². The number of para-hydroxylation sites is 2. The Morgan fingerprint density at radius 1 is 0.938 bits per heavy atom. The van der Waals surface area contributed by atoms with Gasteiger partial charge in [0.2, 0.25) is 0 Å². The molecule has 1 heterocycles. The average molecular weight is 419 g/mol. The van der Waals surface area contributed by atoms with Crippen LogP contribution in [0.25, 0.3) is 23.0 Å². The first kappa shape index (κ1) is 20.8. The molecular formula is C27H22N4O. The number of amides is 1. The lowest BCUT2D eigenvalue weighted by Crippen LogP contribution is -2.15. The first-order valence-corrected chi connectivity index (χ1v) is 10.3. The molecule has 4 aromatic rings. The standard InChI is InChI=1S/C27H22N4O/c1-19-10-9-11-20(2)25(19)29-27(32)22(17-28)16-23-18-31(24-14-7-4-8-15-24)30-26(23)21-12-5-3-6-13-21/h3-16,18H,1-2H3,(H,29,32)/b22-16-. The SMILES string of the molecule is Cc1cccc(C)c1NC(=O)/C(C#N)=C\c1cn(-c2ccccc2)nc1-c1ccccc1. The van der Waals surface area contributed by atoms with Crippen molar-refractivity contribution >= 4 is 17.7 Å². The Morgan fingerprint density at radius 3 is 2.19 bits per heavy atom. The third-order valence-electron chi connectivity index (χ3n) is 5.20. The molecule has 1 N–H and O–H groups in total. The van der Waals surface area contributed by atoms with Crippen molar-refractivity contribution < 1.29 is 4.79 Å². The molecule has 0 aliphatic carbocycles. The minimum Gasteiger partial charge on any atom is -0.321 e. The lowest BCUT2D eigenvalue weighted by atomic mass is 10.1. The number of hydrogen-bond donors (Lipinski definition) is 1. The van der Waals surface area contributed by atoms with Crippen LogP contribution in [-0.2, 0) is 4.79 Å². The highest BCUT2D eigenvalue weighted by atomic mass is 16.1. The second-order valence-electron chi connectivity index (χ2n) is 7.47. The molecule has 1 aromatic heterocycles. The van der Waals surface area contributed by atoms with E-state index in [4.69, 9.17) is 5.10 Å². The number of benzene rings is 3. The Kier molecular flexibility index (Phi) is 5.96. The van der Waals surface area contributed by atoms with Crippen LogP contribution in [0.2, 0.25) is 0 Å². The monoisotopic (exact) mass is 418 g/mol. The molecule has 5 nitrogen and oxygen atoms in total. The molecule has 4 rings (SSSR count). The van der Waals surface area contributed by atoms with Crippen molar-refractivity contribution in [1.29, 1.82) is 5.26 Å². The van der Waals surface area contributed by atoms with Crippen molar-refractivity contribution in [3.05, 3.63) is 107 Å². The highest BCUT2D eigenvalue weighted by molar-refractivity contribution is 6.10. The van der Waals surface area contributed by atoms with Gasteiger partial charge >= 0.3 is 0 Å². The summed E-state index contributed by atoms with van der Waals surface area (Å²) in [6.45, 7) is 3.85. The molecule has 32 heavy (non-hydrogen) atoms.